The Morgan fingerprint density at radius 2 is 2.04 bits per heavy atom. The molecule has 1 saturated carbocycles. The van der Waals surface area contributed by atoms with Crippen LogP contribution in [-0.2, 0) is 16.0 Å². The molecule has 0 spiro atoms. The highest BCUT2D eigenvalue weighted by Crippen LogP contribution is 2.40. The molecule has 5 nitrogen and oxygen atoms in total. The van der Waals surface area contributed by atoms with E-state index in [1.807, 2.05) is 6.07 Å². The lowest BCUT2D eigenvalue weighted by Gasteiger charge is -2.39. The lowest BCUT2D eigenvalue weighted by Crippen LogP contribution is -2.35. The summed E-state index contributed by atoms with van der Waals surface area (Å²) in [4.78, 5) is 11.5. The van der Waals surface area contributed by atoms with Crippen LogP contribution < -0.4 is 15.8 Å². The first kappa shape index (κ1) is 18.4. The molecule has 1 aromatic carbocycles. The number of hydrogen-bond donors (Lipinski definition) is 2. The summed E-state index contributed by atoms with van der Waals surface area (Å²) in [6.45, 7) is 6.94. The molecule has 0 amide bonds. The van der Waals surface area contributed by atoms with E-state index in [0.29, 0.717) is 28.8 Å². The van der Waals surface area contributed by atoms with Crippen molar-refractivity contribution in [2.45, 2.75) is 52.5 Å². The SMILES string of the molecule is COC(=O)Cc1cc(N)c(N[C@@H]2C[C@H](C)CC(C)(C)C2)cc1OC. The minimum atomic E-state index is -0.309. The van der Waals surface area contributed by atoms with Crippen molar-refractivity contribution in [2.75, 3.05) is 25.3 Å². The van der Waals surface area contributed by atoms with Gasteiger partial charge in [-0.1, -0.05) is 20.8 Å². The molecular formula is C19H30N2O3. The van der Waals surface area contributed by atoms with Crippen LogP contribution in [0.5, 0.6) is 5.75 Å². The fourth-order valence-corrected chi connectivity index (χ4v) is 4.00. The minimum absolute atomic E-state index is 0.150. The zero-order valence-corrected chi connectivity index (χ0v) is 15.4. The van der Waals surface area contributed by atoms with E-state index in [-0.39, 0.29) is 12.4 Å². The number of nitrogens with one attached hydrogen (secondary N) is 1. The Labute approximate surface area is 144 Å². The van der Waals surface area contributed by atoms with Crippen LogP contribution in [0.1, 0.15) is 45.6 Å². The number of anilines is 2. The quantitative estimate of drug-likeness (QED) is 0.635. The highest BCUT2D eigenvalue weighted by molar-refractivity contribution is 5.77. The minimum Gasteiger partial charge on any atom is -0.496 e. The fourth-order valence-electron chi connectivity index (χ4n) is 4.00. The molecule has 0 saturated heterocycles. The number of methoxy groups -OCH3 is 2. The summed E-state index contributed by atoms with van der Waals surface area (Å²) in [7, 11) is 2.97. The molecule has 24 heavy (non-hydrogen) atoms. The molecule has 0 radical (unpaired) electrons. The summed E-state index contributed by atoms with van der Waals surface area (Å²) in [5.74, 6) is 1.03. The number of nitrogen functional groups attached to an aromatic ring is 1. The van der Waals surface area contributed by atoms with Gasteiger partial charge in [0.2, 0.25) is 0 Å². The number of hydrogen-bond acceptors (Lipinski definition) is 5. The Morgan fingerprint density at radius 3 is 2.62 bits per heavy atom. The number of ether oxygens (including phenoxy) is 2. The largest absolute Gasteiger partial charge is 0.496 e. The monoisotopic (exact) mass is 334 g/mol. The molecule has 0 heterocycles. The van der Waals surface area contributed by atoms with Crippen LogP contribution in [0.25, 0.3) is 0 Å². The third-order valence-corrected chi connectivity index (χ3v) is 4.76. The van der Waals surface area contributed by atoms with Crippen molar-refractivity contribution >= 4 is 17.3 Å². The van der Waals surface area contributed by atoms with Crippen LogP contribution in [0.4, 0.5) is 11.4 Å². The van der Waals surface area contributed by atoms with Gasteiger partial charge in [0, 0.05) is 17.7 Å². The van der Waals surface area contributed by atoms with Gasteiger partial charge in [-0.2, -0.15) is 0 Å². The number of esters is 1. The van der Waals surface area contributed by atoms with E-state index in [9.17, 15) is 4.79 Å². The van der Waals surface area contributed by atoms with Gasteiger partial charge in [0.1, 0.15) is 5.75 Å². The second-order valence-corrected chi connectivity index (χ2v) is 7.76. The molecule has 5 heteroatoms. The first-order valence-electron chi connectivity index (χ1n) is 8.54. The molecule has 2 rings (SSSR count). The third kappa shape index (κ3) is 4.56. The molecule has 1 aliphatic rings. The van der Waals surface area contributed by atoms with Gasteiger partial charge in [0.05, 0.1) is 32.0 Å². The summed E-state index contributed by atoms with van der Waals surface area (Å²) >= 11 is 0. The van der Waals surface area contributed by atoms with E-state index in [4.69, 9.17) is 15.2 Å². The number of nitrogens with two attached hydrogens (primary N) is 1. The standard InChI is InChI=1S/C19H30N2O3/c1-12-6-14(11-19(2,3)10-12)21-16-9-17(23-4)13(7-15(16)20)8-18(22)24-5/h7,9,12,14,21H,6,8,10-11,20H2,1-5H3/t12-,14+/m0/s1. The van der Waals surface area contributed by atoms with Crippen LogP contribution in [-0.4, -0.2) is 26.2 Å². The summed E-state index contributed by atoms with van der Waals surface area (Å²) in [6, 6.07) is 4.08. The van der Waals surface area contributed by atoms with E-state index in [0.717, 1.165) is 24.1 Å². The predicted octanol–water partition coefficient (Wildman–Crippen LogP) is 3.62. The Bertz CT molecular complexity index is 599. The van der Waals surface area contributed by atoms with Crippen LogP contribution >= 0.6 is 0 Å². The first-order chi connectivity index (χ1) is 11.2. The van der Waals surface area contributed by atoms with Gasteiger partial charge in [-0.3, -0.25) is 4.79 Å². The van der Waals surface area contributed by atoms with Gasteiger partial charge >= 0.3 is 5.97 Å². The Kier molecular flexibility index (Phi) is 5.62. The number of benzene rings is 1. The van der Waals surface area contributed by atoms with Crippen LogP contribution in [0.15, 0.2) is 12.1 Å². The average Bonchev–Trinajstić information content (AvgIpc) is 2.47. The molecule has 134 valence electrons. The number of carbonyl (C=O) groups excluding carboxylic acids is 1. The van der Waals surface area contributed by atoms with Crippen molar-refractivity contribution in [3.05, 3.63) is 17.7 Å². The molecule has 0 unspecified atom stereocenters. The third-order valence-electron chi connectivity index (χ3n) is 4.76. The highest BCUT2D eigenvalue weighted by atomic mass is 16.5. The Morgan fingerprint density at radius 1 is 1.33 bits per heavy atom. The van der Waals surface area contributed by atoms with E-state index in [2.05, 4.69) is 26.1 Å². The molecule has 1 fully saturated rings. The molecule has 0 aromatic heterocycles. The van der Waals surface area contributed by atoms with Gasteiger partial charge in [-0.15, -0.1) is 0 Å². The summed E-state index contributed by atoms with van der Waals surface area (Å²) in [5.41, 5.74) is 8.79. The first-order valence-corrected chi connectivity index (χ1v) is 8.54. The van der Waals surface area contributed by atoms with Crippen molar-refractivity contribution in [3.8, 4) is 5.75 Å². The van der Waals surface area contributed by atoms with E-state index in [1.54, 1.807) is 13.2 Å². The van der Waals surface area contributed by atoms with Gasteiger partial charge in [0.15, 0.2) is 0 Å². The summed E-state index contributed by atoms with van der Waals surface area (Å²) in [5, 5.41) is 3.58. The van der Waals surface area contributed by atoms with Crippen molar-refractivity contribution in [1.82, 2.24) is 0 Å². The van der Waals surface area contributed by atoms with E-state index < -0.39 is 0 Å². The molecule has 1 aliphatic carbocycles. The zero-order valence-electron chi connectivity index (χ0n) is 15.4. The average molecular weight is 334 g/mol. The molecule has 2 atom stereocenters. The normalized spacial score (nSPS) is 22.7. The van der Waals surface area contributed by atoms with E-state index >= 15 is 0 Å². The smallest absolute Gasteiger partial charge is 0.310 e. The summed E-state index contributed by atoms with van der Waals surface area (Å²) < 4.78 is 10.2. The fraction of sp³-hybridized carbons (Fsp3) is 0.632. The van der Waals surface area contributed by atoms with Crippen molar-refractivity contribution in [2.24, 2.45) is 11.3 Å². The predicted molar refractivity (Wildman–Crippen MR) is 97.3 cm³/mol. The maximum atomic E-state index is 11.5. The maximum absolute atomic E-state index is 11.5. The topological polar surface area (TPSA) is 73.6 Å². The van der Waals surface area contributed by atoms with Crippen LogP contribution in [0, 0.1) is 11.3 Å². The zero-order chi connectivity index (χ0) is 17.9. The van der Waals surface area contributed by atoms with Crippen LogP contribution in [0.2, 0.25) is 0 Å². The number of carbonyl (C=O) groups is 1. The number of rotatable bonds is 5. The lowest BCUT2D eigenvalue weighted by atomic mass is 9.70. The molecule has 0 bridgehead atoms. The molecule has 0 aliphatic heterocycles. The Hall–Kier alpha value is -1.91. The Balaban J connectivity index is 2.20. The molecule has 1 aromatic rings. The van der Waals surface area contributed by atoms with E-state index in [1.165, 1.54) is 13.5 Å². The van der Waals surface area contributed by atoms with Crippen molar-refractivity contribution in [3.63, 3.8) is 0 Å². The van der Waals surface area contributed by atoms with Crippen molar-refractivity contribution < 1.29 is 14.3 Å². The van der Waals surface area contributed by atoms with Gasteiger partial charge in [-0.05, 0) is 36.7 Å². The second-order valence-electron chi connectivity index (χ2n) is 7.76. The van der Waals surface area contributed by atoms with Gasteiger partial charge in [-0.25, -0.2) is 0 Å². The van der Waals surface area contributed by atoms with Crippen molar-refractivity contribution in [1.29, 1.82) is 0 Å². The second kappa shape index (κ2) is 7.32. The maximum Gasteiger partial charge on any atom is 0.310 e. The van der Waals surface area contributed by atoms with Gasteiger partial charge in [0.25, 0.3) is 0 Å². The van der Waals surface area contributed by atoms with Gasteiger partial charge < -0.3 is 20.5 Å². The summed E-state index contributed by atoms with van der Waals surface area (Å²) in [6.07, 6.45) is 3.65. The molecule has 3 N–H and O–H groups in total. The van der Waals surface area contributed by atoms with Crippen LogP contribution in [0.3, 0.4) is 0 Å². The lowest BCUT2D eigenvalue weighted by molar-refractivity contribution is -0.139. The highest BCUT2D eigenvalue weighted by Gasteiger charge is 2.32. The molecular weight excluding hydrogens is 304 g/mol.